The Morgan fingerprint density at radius 2 is 2.06 bits per heavy atom. The second kappa shape index (κ2) is 6.01. The SMILES string of the molecule is CC1=C(CCCC[C@H](O)[C@H](C)O)COC1=O. The van der Waals surface area contributed by atoms with Crippen molar-refractivity contribution in [3.63, 3.8) is 0 Å². The highest BCUT2D eigenvalue weighted by Gasteiger charge is 2.20. The number of hydrogen-bond acceptors (Lipinski definition) is 4. The fourth-order valence-electron chi connectivity index (χ4n) is 1.71. The van der Waals surface area contributed by atoms with Gasteiger partial charge in [-0.1, -0.05) is 6.42 Å². The number of esters is 1. The second-order valence-corrected chi connectivity index (χ2v) is 4.36. The van der Waals surface area contributed by atoms with Crippen LogP contribution in [-0.2, 0) is 9.53 Å². The molecule has 1 aliphatic rings. The van der Waals surface area contributed by atoms with Gasteiger partial charge < -0.3 is 14.9 Å². The molecule has 0 aromatic carbocycles. The molecule has 0 amide bonds. The molecule has 2 N–H and O–H groups in total. The largest absolute Gasteiger partial charge is 0.458 e. The molecular weight excluding hydrogens is 208 g/mol. The molecule has 0 aromatic rings. The minimum absolute atomic E-state index is 0.209. The molecule has 0 aliphatic carbocycles. The first-order valence-corrected chi connectivity index (χ1v) is 5.74. The van der Waals surface area contributed by atoms with Crippen LogP contribution in [0.25, 0.3) is 0 Å². The van der Waals surface area contributed by atoms with Gasteiger partial charge in [-0.3, -0.25) is 0 Å². The van der Waals surface area contributed by atoms with Gasteiger partial charge >= 0.3 is 5.97 Å². The molecule has 0 bridgehead atoms. The Morgan fingerprint density at radius 3 is 2.56 bits per heavy atom. The molecule has 0 radical (unpaired) electrons. The highest BCUT2D eigenvalue weighted by molar-refractivity contribution is 5.90. The van der Waals surface area contributed by atoms with Gasteiger partial charge in [0, 0.05) is 5.57 Å². The number of aliphatic hydroxyl groups excluding tert-OH is 2. The number of carbonyl (C=O) groups is 1. The summed E-state index contributed by atoms with van der Waals surface area (Å²) in [5.74, 6) is -0.209. The zero-order valence-corrected chi connectivity index (χ0v) is 9.90. The summed E-state index contributed by atoms with van der Waals surface area (Å²) in [4.78, 5) is 11.1. The van der Waals surface area contributed by atoms with Crippen LogP contribution >= 0.6 is 0 Å². The van der Waals surface area contributed by atoms with Crippen LogP contribution in [0, 0.1) is 0 Å². The molecule has 0 unspecified atom stereocenters. The predicted octanol–water partition coefficient (Wildman–Crippen LogP) is 1.16. The Kier molecular flexibility index (Phi) is 4.96. The van der Waals surface area contributed by atoms with Crippen molar-refractivity contribution in [2.24, 2.45) is 0 Å². The van der Waals surface area contributed by atoms with Crippen molar-refractivity contribution in [1.82, 2.24) is 0 Å². The summed E-state index contributed by atoms with van der Waals surface area (Å²) in [7, 11) is 0. The maximum Gasteiger partial charge on any atom is 0.334 e. The van der Waals surface area contributed by atoms with E-state index < -0.39 is 12.2 Å². The molecular formula is C12H20O4. The zero-order chi connectivity index (χ0) is 12.1. The molecule has 4 heteroatoms. The average Bonchev–Trinajstić information content (AvgIpc) is 2.55. The van der Waals surface area contributed by atoms with Gasteiger partial charge in [-0.05, 0) is 38.7 Å². The maximum atomic E-state index is 11.1. The third kappa shape index (κ3) is 3.61. The summed E-state index contributed by atoms with van der Waals surface area (Å²) >= 11 is 0. The summed E-state index contributed by atoms with van der Waals surface area (Å²) < 4.78 is 4.89. The Balaban J connectivity index is 2.19. The number of hydrogen-bond donors (Lipinski definition) is 2. The van der Waals surface area contributed by atoms with Crippen LogP contribution < -0.4 is 0 Å². The minimum Gasteiger partial charge on any atom is -0.458 e. The molecule has 16 heavy (non-hydrogen) atoms. The van der Waals surface area contributed by atoms with E-state index in [1.807, 2.05) is 0 Å². The summed E-state index contributed by atoms with van der Waals surface area (Å²) in [6, 6.07) is 0. The number of carbonyl (C=O) groups excluding carboxylic acids is 1. The van der Waals surface area contributed by atoms with Crippen LogP contribution in [0.4, 0.5) is 0 Å². The Morgan fingerprint density at radius 1 is 1.38 bits per heavy atom. The highest BCUT2D eigenvalue weighted by atomic mass is 16.5. The number of aliphatic hydroxyl groups is 2. The lowest BCUT2D eigenvalue weighted by Crippen LogP contribution is -2.21. The van der Waals surface area contributed by atoms with Crippen LogP contribution in [0.1, 0.15) is 39.5 Å². The molecule has 1 heterocycles. The van der Waals surface area contributed by atoms with Gasteiger partial charge in [-0.25, -0.2) is 4.79 Å². The quantitative estimate of drug-likeness (QED) is 0.529. The number of ether oxygens (including phenoxy) is 1. The van der Waals surface area contributed by atoms with E-state index in [9.17, 15) is 9.90 Å². The van der Waals surface area contributed by atoms with Gasteiger partial charge in [-0.2, -0.15) is 0 Å². The van der Waals surface area contributed by atoms with Crippen LogP contribution in [0.3, 0.4) is 0 Å². The fraction of sp³-hybridized carbons (Fsp3) is 0.750. The number of unbranched alkanes of at least 4 members (excludes halogenated alkanes) is 1. The normalized spacial score (nSPS) is 19.9. The number of cyclic esters (lactones) is 1. The Hall–Kier alpha value is -0.870. The van der Waals surface area contributed by atoms with E-state index in [1.54, 1.807) is 13.8 Å². The summed E-state index contributed by atoms with van der Waals surface area (Å²) in [5.41, 5.74) is 1.80. The van der Waals surface area contributed by atoms with E-state index in [1.165, 1.54) is 0 Å². The Labute approximate surface area is 95.9 Å². The molecule has 0 aromatic heterocycles. The van der Waals surface area contributed by atoms with Crippen molar-refractivity contribution < 1.29 is 19.7 Å². The summed E-state index contributed by atoms with van der Waals surface area (Å²) in [6.07, 6.45) is 1.88. The topological polar surface area (TPSA) is 66.8 Å². The molecule has 0 saturated carbocycles. The first kappa shape index (κ1) is 13.2. The van der Waals surface area contributed by atoms with E-state index in [0.29, 0.717) is 13.0 Å². The third-order valence-corrected chi connectivity index (χ3v) is 3.00. The first-order valence-electron chi connectivity index (χ1n) is 5.74. The molecule has 0 fully saturated rings. The van der Waals surface area contributed by atoms with E-state index in [2.05, 4.69) is 0 Å². The van der Waals surface area contributed by atoms with Crippen molar-refractivity contribution in [3.8, 4) is 0 Å². The highest BCUT2D eigenvalue weighted by Crippen LogP contribution is 2.21. The standard InChI is InChI=1S/C12H20O4/c1-8-10(7-16-12(8)15)5-3-4-6-11(14)9(2)13/h9,11,13-14H,3-7H2,1-2H3/t9-,11-/m0/s1. The average molecular weight is 228 g/mol. The van der Waals surface area contributed by atoms with Gasteiger partial charge in [0.05, 0.1) is 12.2 Å². The smallest absolute Gasteiger partial charge is 0.334 e. The molecule has 1 aliphatic heterocycles. The van der Waals surface area contributed by atoms with Crippen molar-refractivity contribution >= 4 is 5.97 Å². The van der Waals surface area contributed by atoms with E-state index in [-0.39, 0.29) is 5.97 Å². The molecule has 4 nitrogen and oxygen atoms in total. The monoisotopic (exact) mass is 228 g/mol. The lowest BCUT2D eigenvalue weighted by atomic mass is 10.0. The fourth-order valence-corrected chi connectivity index (χ4v) is 1.71. The minimum atomic E-state index is -0.669. The predicted molar refractivity (Wildman–Crippen MR) is 59.8 cm³/mol. The van der Waals surface area contributed by atoms with Crippen LogP contribution in [-0.4, -0.2) is 35.0 Å². The summed E-state index contributed by atoms with van der Waals surface area (Å²) in [5, 5.41) is 18.5. The van der Waals surface area contributed by atoms with E-state index >= 15 is 0 Å². The molecule has 92 valence electrons. The Bertz CT molecular complexity index is 281. The maximum absolute atomic E-state index is 11.1. The van der Waals surface area contributed by atoms with Gasteiger partial charge in [0.25, 0.3) is 0 Å². The van der Waals surface area contributed by atoms with Gasteiger partial charge in [0.1, 0.15) is 6.61 Å². The van der Waals surface area contributed by atoms with Crippen LogP contribution in [0.15, 0.2) is 11.1 Å². The number of rotatable bonds is 6. The van der Waals surface area contributed by atoms with E-state index in [0.717, 1.165) is 30.4 Å². The molecule has 2 atom stereocenters. The van der Waals surface area contributed by atoms with Crippen LogP contribution in [0.2, 0.25) is 0 Å². The van der Waals surface area contributed by atoms with Gasteiger partial charge in [0.2, 0.25) is 0 Å². The zero-order valence-electron chi connectivity index (χ0n) is 9.90. The molecule has 1 rings (SSSR count). The van der Waals surface area contributed by atoms with Gasteiger partial charge in [-0.15, -0.1) is 0 Å². The second-order valence-electron chi connectivity index (χ2n) is 4.36. The van der Waals surface area contributed by atoms with Crippen molar-refractivity contribution in [3.05, 3.63) is 11.1 Å². The molecule has 0 saturated heterocycles. The van der Waals surface area contributed by atoms with E-state index in [4.69, 9.17) is 9.84 Å². The summed E-state index contributed by atoms with van der Waals surface area (Å²) in [6.45, 7) is 3.79. The van der Waals surface area contributed by atoms with Crippen molar-refractivity contribution in [1.29, 1.82) is 0 Å². The first-order chi connectivity index (χ1) is 7.52. The lowest BCUT2D eigenvalue weighted by Gasteiger charge is -2.12. The third-order valence-electron chi connectivity index (χ3n) is 3.00. The lowest BCUT2D eigenvalue weighted by molar-refractivity contribution is -0.135. The van der Waals surface area contributed by atoms with Crippen molar-refractivity contribution in [2.75, 3.05) is 6.61 Å². The van der Waals surface area contributed by atoms with Crippen LogP contribution in [0.5, 0.6) is 0 Å². The van der Waals surface area contributed by atoms with Crippen molar-refractivity contribution in [2.45, 2.75) is 51.7 Å². The molecule has 0 spiro atoms. The van der Waals surface area contributed by atoms with Gasteiger partial charge in [0.15, 0.2) is 0 Å².